The summed E-state index contributed by atoms with van der Waals surface area (Å²) in [5.41, 5.74) is 3.50. The van der Waals surface area contributed by atoms with Crippen LogP contribution in [0.5, 0.6) is 0 Å². The summed E-state index contributed by atoms with van der Waals surface area (Å²) in [6.07, 6.45) is 2.37. The fraction of sp³-hybridized carbons (Fsp3) is 0.381. The molecule has 0 bridgehead atoms. The Morgan fingerprint density at radius 3 is 2.40 bits per heavy atom. The Bertz CT molecular complexity index is 753. The predicted octanol–water partition coefficient (Wildman–Crippen LogP) is 4.51. The van der Waals surface area contributed by atoms with E-state index in [2.05, 4.69) is 41.8 Å². The zero-order chi connectivity index (χ0) is 18.0. The van der Waals surface area contributed by atoms with Gasteiger partial charge in [-0.1, -0.05) is 35.9 Å². The van der Waals surface area contributed by atoms with Crippen molar-refractivity contribution in [3.8, 4) is 0 Å². The van der Waals surface area contributed by atoms with Gasteiger partial charge in [0.05, 0.1) is 6.04 Å². The summed E-state index contributed by atoms with van der Waals surface area (Å²) in [4.78, 5) is 12.5. The highest BCUT2D eigenvalue weighted by atomic mass is 19.1. The molecule has 1 amide bonds. The summed E-state index contributed by atoms with van der Waals surface area (Å²) in [5, 5.41) is 6.25. The van der Waals surface area contributed by atoms with Gasteiger partial charge < -0.3 is 5.32 Å². The first kappa shape index (κ1) is 17.6. The second kappa shape index (κ2) is 7.36. The highest BCUT2D eigenvalue weighted by molar-refractivity contribution is 5.94. The van der Waals surface area contributed by atoms with Crippen LogP contribution in [0.25, 0.3) is 0 Å². The maximum Gasteiger partial charge on any atom is 0.241 e. The van der Waals surface area contributed by atoms with Crippen molar-refractivity contribution in [3.05, 3.63) is 65.0 Å². The molecule has 25 heavy (non-hydrogen) atoms. The second-order valence-electron chi connectivity index (χ2n) is 7.07. The van der Waals surface area contributed by atoms with Gasteiger partial charge in [-0.3, -0.25) is 10.1 Å². The first-order valence-corrected chi connectivity index (χ1v) is 8.83. The van der Waals surface area contributed by atoms with Crippen LogP contribution in [0.15, 0.2) is 42.5 Å². The quantitative estimate of drug-likeness (QED) is 0.812. The highest BCUT2D eigenvalue weighted by Crippen LogP contribution is 2.41. The van der Waals surface area contributed by atoms with Crippen molar-refractivity contribution in [2.45, 2.75) is 45.7 Å². The van der Waals surface area contributed by atoms with Crippen molar-refractivity contribution in [2.24, 2.45) is 5.92 Å². The lowest BCUT2D eigenvalue weighted by molar-refractivity contribution is -0.118. The molecule has 1 fully saturated rings. The molecule has 1 aliphatic rings. The Morgan fingerprint density at radius 1 is 1.12 bits per heavy atom. The SMILES string of the molecule is Cc1ccc(C(NC(C)C(=O)Nc2ccc(C)c(F)c2)C2CC2)cc1. The van der Waals surface area contributed by atoms with Gasteiger partial charge in [-0.05, 0) is 62.8 Å². The molecule has 4 heteroatoms. The maximum absolute atomic E-state index is 13.6. The molecule has 3 rings (SSSR count). The van der Waals surface area contributed by atoms with Crippen LogP contribution < -0.4 is 10.6 Å². The van der Waals surface area contributed by atoms with Crippen molar-refractivity contribution < 1.29 is 9.18 Å². The van der Waals surface area contributed by atoms with Crippen molar-refractivity contribution in [1.82, 2.24) is 5.32 Å². The van der Waals surface area contributed by atoms with Gasteiger partial charge in [0.15, 0.2) is 0 Å². The van der Waals surface area contributed by atoms with Gasteiger partial charge >= 0.3 is 0 Å². The third-order valence-electron chi connectivity index (χ3n) is 4.79. The lowest BCUT2D eigenvalue weighted by atomic mass is 10.00. The Labute approximate surface area is 148 Å². The number of rotatable bonds is 6. The summed E-state index contributed by atoms with van der Waals surface area (Å²) >= 11 is 0. The van der Waals surface area contributed by atoms with Crippen LogP contribution in [0.3, 0.4) is 0 Å². The molecule has 0 spiro atoms. The molecule has 0 saturated heterocycles. The number of nitrogens with one attached hydrogen (secondary N) is 2. The molecular formula is C21H25FN2O. The number of benzene rings is 2. The normalized spacial score (nSPS) is 16.3. The summed E-state index contributed by atoms with van der Waals surface area (Å²) in [6, 6.07) is 13.0. The Kier molecular flexibility index (Phi) is 5.19. The van der Waals surface area contributed by atoms with Crippen molar-refractivity contribution >= 4 is 11.6 Å². The first-order valence-electron chi connectivity index (χ1n) is 8.83. The zero-order valence-corrected chi connectivity index (χ0v) is 15.0. The minimum Gasteiger partial charge on any atom is -0.325 e. The molecule has 1 aliphatic carbocycles. The minimum absolute atomic E-state index is 0.152. The molecule has 0 aromatic heterocycles. The van der Waals surface area contributed by atoms with Gasteiger partial charge in [-0.25, -0.2) is 4.39 Å². The Hall–Kier alpha value is -2.20. The molecule has 2 aromatic carbocycles. The largest absolute Gasteiger partial charge is 0.325 e. The molecule has 2 N–H and O–H groups in total. The summed E-state index contributed by atoms with van der Waals surface area (Å²) in [5.74, 6) is 0.115. The van der Waals surface area contributed by atoms with Crippen LogP contribution in [0, 0.1) is 25.6 Å². The predicted molar refractivity (Wildman–Crippen MR) is 99.0 cm³/mol. The average molecular weight is 340 g/mol. The molecule has 0 radical (unpaired) electrons. The number of hydrogen-bond acceptors (Lipinski definition) is 2. The summed E-state index contributed by atoms with van der Waals surface area (Å²) in [6.45, 7) is 5.62. The minimum atomic E-state index is -0.365. The number of aryl methyl sites for hydroxylation is 2. The van der Waals surface area contributed by atoms with E-state index in [-0.39, 0.29) is 23.8 Å². The van der Waals surface area contributed by atoms with E-state index in [0.717, 1.165) is 0 Å². The van der Waals surface area contributed by atoms with Gasteiger partial charge in [0.2, 0.25) is 5.91 Å². The van der Waals surface area contributed by atoms with Gasteiger partial charge in [-0.2, -0.15) is 0 Å². The van der Waals surface area contributed by atoms with Crippen LogP contribution in [-0.4, -0.2) is 11.9 Å². The number of amides is 1. The van der Waals surface area contributed by atoms with E-state index in [1.165, 1.54) is 30.0 Å². The fourth-order valence-corrected chi connectivity index (χ4v) is 2.97. The molecule has 1 saturated carbocycles. The molecule has 2 atom stereocenters. The zero-order valence-electron chi connectivity index (χ0n) is 15.0. The van der Waals surface area contributed by atoms with E-state index >= 15 is 0 Å². The van der Waals surface area contributed by atoms with Crippen molar-refractivity contribution in [3.63, 3.8) is 0 Å². The third-order valence-corrected chi connectivity index (χ3v) is 4.79. The number of carbonyl (C=O) groups excluding carboxylic acids is 1. The number of anilines is 1. The molecule has 2 unspecified atom stereocenters. The van der Waals surface area contributed by atoms with E-state index < -0.39 is 0 Å². The van der Waals surface area contributed by atoms with Crippen molar-refractivity contribution in [1.29, 1.82) is 0 Å². The molecule has 3 nitrogen and oxygen atoms in total. The summed E-state index contributed by atoms with van der Waals surface area (Å²) < 4.78 is 13.6. The molecular weight excluding hydrogens is 315 g/mol. The first-order chi connectivity index (χ1) is 11.9. The van der Waals surface area contributed by atoms with E-state index in [1.54, 1.807) is 19.1 Å². The standard InChI is InChI=1S/C21H25FN2O/c1-13-4-7-16(8-5-13)20(17-9-10-17)23-15(3)21(25)24-18-11-6-14(2)19(22)12-18/h4-8,11-12,15,17,20,23H,9-10H2,1-3H3,(H,24,25). The fourth-order valence-electron chi connectivity index (χ4n) is 2.97. The van der Waals surface area contributed by atoms with E-state index in [9.17, 15) is 9.18 Å². The smallest absolute Gasteiger partial charge is 0.241 e. The Balaban J connectivity index is 1.66. The highest BCUT2D eigenvalue weighted by Gasteiger charge is 2.34. The van der Waals surface area contributed by atoms with E-state index in [1.807, 2.05) is 6.92 Å². The maximum atomic E-state index is 13.6. The van der Waals surface area contributed by atoms with Crippen LogP contribution in [0.1, 0.15) is 42.5 Å². The topological polar surface area (TPSA) is 41.1 Å². The van der Waals surface area contributed by atoms with Gasteiger partial charge in [0.1, 0.15) is 5.82 Å². The van der Waals surface area contributed by atoms with Crippen LogP contribution in [0.2, 0.25) is 0 Å². The summed E-state index contributed by atoms with van der Waals surface area (Å²) in [7, 11) is 0. The molecule has 2 aromatic rings. The second-order valence-corrected chi connectivity index (χ2v) is 7.07. The van der Waals surface area contributed by atoms with Gasteiger partial charge in [0, 0.05) is 11.7 Å². The number of hydrogen-bond donors (Lipinski definition) is 2. The molecule has 0 aliphatic heterocycles. The van der Waals surface area contributed by atoms with Crippen LogP contribution in [-0.2, 0) is 4.79 Å². The molecule has 0 heterocycles. The number of carbonyl (C=O) groups is 1. The lowest BCUT2D eigenvalue weighted by Crippen LogP contribution is -2.41. The third kappa shape index (κ3) is 4.45. The number of halogens is 1. The van der Waals surface area contributed by atoms with Crippen molar-refractivity contribution in [2.75, 3.05) is 5.32 Å². The van der Waals surface area contributed by atoms with Crippen LogP contribution in [0.4, 0.5) is 10.1 Å². The molecule has 132 valence electrons. The van der Waals surface area contributed by atoms with E-state index in [0.29, 0.717) is 17.2 Å². The average Bonchev–Trinajstić information content (AvgIpc) is 3.41. The van der Waals surface area contributed by atoms with Gasteiger partial charge in [-0.15, -0.1) is 0 Å². The lowest BCUT2D eigenvalue weighted by Gasteiger charge is -2.23. The monoisotopic (exact) mass is 340 g/mol. The Morgan fingerprint density at radius 2 is 1.80 bits per heavy atom. The van der Waals surface area contributed by atoms with Gasteiger partial charge in [0.25, 0.3) is 0 Å². The van der Waals surface area contributed by atoms with Crippen LogP contribution >= 0.6 is 0 Å². The van der Waals surface area contributed by atoms with E-state index in [4.69, 9.17) is 0 Å².